The summed E-state index contributed by atoms with van der Waals surface area (Å²) in [4.78, 5) is 16.1. The summed E-state index contributed by atoms with van der Waals surface area (Å²) < 4.78 is 33.3. The van der Waals surface area contributed by atoms with Crippen LogP contribution in [-0.2, 0) is 16.6 Å². The zero-order chi connectivity index (χ0) is 18.6. The fourth-order valence-electron chi connectivity index (χ4n) is 2.07. The van der Waals surface area contributed by atoms with E-state index in [1.54, 1.807) is 10.6 Å². The number of nitrogens with zero attached hydrogens (tertiary/aromatic N) is 2. The van der Waals surface area contributed by atoms with Crippen LogP contribution in [0.5, 0.6) is 5.75 Å². The molecule has 1 heterocycles. The summed E-state index contributed by atoms with van der Waals surface area (Å²) in [5.41, 5.74) is -0.128. The third-order valence-corrected chi connectivity index (χ3v) is 5.24. The number of hydrogen-bond acceptors (Lipinski definition) is 5. The number of amides is 1. The number of carbonyl (C=O) groups excluding carboxylic acids is 1. The summed E-state index contributed by atoms with van der Waals surface area (Å²) in [6, 6.07) is 5.80. The van der Waals surface area contributed by atoms with Crippen LogP contribution in [0.1, 0.15) is 30.8 Å². The number of sulfonamides is 1. The van der Waals surface area contributed by atoms with Gasteiger partial charge in [0.1, 0.15) is 10.9 Å². The van der Waals surface area contributed by atoms with Crippen molar-refractivity contribution in [2.45, 2.75) is 31.7 Å². The molecule has 0 spiro atoms. The lowest BCUT2D eigenvalue weighted by molar-refractivity contribution is 0.0977. The van der Waals surface area contributed by atoms with Crippen LogP contribution in [0, 0.1) is 5.92 Å². The van der Waals surface area contributed by atoms with Gasteiger partial charge in [-0.05, 0) is 24.5 Å². The molecule has 0 atom stereocenters. The fourth-order valence-corrected chi connectivity index (χ4v) is 3.32. The Morgan fingerprint density at radius 3 is 2.76 bits per heavy atom. The van der Waals surface area contributed by atoms with E-state index in [0.29, 0.717) is 18.2 Å². The number of rotatable bonds is 7. The van der Waals surface area contributed by atoms with Gasteiger partial charge in [0, 0.05) is 12.6 Å². The van der Waals surface area contributed by atoms with E-state index in [4.69, 9.17) is 16.3 Å². The second-order valence-corrected chi connectivity index (χ2v) is 7.91. The number of nitrogens with one attached hydrogen (secondary N) is 1. The Morgan fingerprint density at radius 1 is 1.40 bits per heavy atom. The Balaban J connectivity index is 2.18. The SMILES string of the molecule is COc1cccc(S(=O)(=O)NC(=O)c2ncn(CCC(C)C)c2Cl)c1. The van der Waals surface area contributed by atoms with Crippen LogP contribution >= 0.6 is 11.6 Å². The van der Waals surface area contributed by atoms with Gasteiger partial charge in [0.25, 0.3) is 15.9 Å². The van der Waals surface area contributed by atoms with Gasteiger partial charge in [0.2, 0.25) is 0 Å². The number of aryl methyl sites for hydroxylation is 1. The van der Waals surface area contributed by atoms with E-state index < -0.39 is 15.9 Å². The summed E-state index contributed by atoms with van der Waals surface area (Å²) in [7, 11) is -2.64. The number of halogens is 1. The van der Waals surface area contributed by atoms with Crippen molar-refractivity contribution in [3.63, 3.8) is 0 Å². The average molecular weight is 386 g/mol. The maximum Gasteiger partial charge on any atom is 0.286 e. The topological polar surface area (TPSA) is 90.3 Å². The lowest BCUT2D eigenvalue weighted by Gasteiger charge is -2.08. The molecular formula is C16H20ClN3O4S. The van der Waals surface area contributed by atoms with Gasteiger partial charge in [-0.2, -0.15) is 0 Å². The molecule has 1 amide bonds. The largest absolute Gasteiger partial charge is 0.497 e. The van der Waals surface area contributed by atoms with Crippen LogP contribution in [0.4, 0.5) is 0 Å². The Bertz CT molecular complexity index is 862. The number of ether oxygens (including phenoxy) is 1. The van der Waals surface area contributed by atoms with Gasteiger partial charge >= 0.3 is 0 Å². The molecule has 136 valence electrons. The van der Waals surface area contributed by atoms with E-state index in [1.807, 2.05) is 4.72 Å². The average Bonchev–Trinajstić information content (AvgIpc) is 2.93. The van der Waals surface area contributed by atoms with Crippen molar-refractivity contribution in [1.29, 1.82) is 0 Å². The Labute approximate surface area is 152 Å². The molecule has 0 saturated heterocycles. The first kappa shape index (κ1) is 19.3. The van der Waals surface area contributed by atoms with Crippen molar-refractivity contribution in [2.75, 3.05) is 7.11 Å². The highest BCUT2D eigenvalue weighted by molar-refractivity contribution is 7.90. The molecule has 0 radical (unpaired) electrons. The lowest BCUT2D eigenvalue weighted by Crippen LogP contribution is -2.31. The van der Waals surface area contributed by atoms with E-state index in [1.165, 1.54) is 31.6 Å². The van der Waals surface area contributed by atoms with Crippen molar-refractivity contribution in [3.05, 3.63) is 41.4 Å². The van der Waals surface area contributed by atoms with E-state index in [0.717, 1.165) is 6.42 Å². The predicted octanol–water partition coefficient (Wildman–Crippen LogP) is 2.71. The van der Waals surface area contributed by atoms with Crippen LogP contribution in [0.3, 0.4) is 0 Å². The van der Waals surface area contributed by atoms with Gasteiger partial charge in [-0.1, -0.05) is 31.5 Å². The van der Waals surface area contributed by atoms with Crippen molar-refractivity contribution < 1.29 is 17.9 Å². The number of hydrogen-bond donors (Lipinski definition) is 1. The van der Waals surface area contributed by atoms with E-state index in [-0.39, 0.29) is 15.7 Å². The molecule has 0 bridgehead atoms. The van der Waals surface area contributed by atoms with Gasteiger partial charge < -0.3 is 9.30 Å². The van der Waals surface area contributed by atoms with Crippen molar-refractivity contribution in [3.8, 4) is 5.75 Å². The summed E-state index contributed by atoms with van der Waals surface area (Å²) in [6.45, 7) is 4.73. The monoisotopic (exact) mass is 385 g/mol. The normalized spacial score (nSPS) is 11.6. The minimum atomic E-state index is -4.06. The molecule has 1 aromatic carbocycles. The molecule has 1 aromatic heterocycles. The third kappa shape index (κ3) is 4.73. The number of methoxy groups -OCH3 is 1. The van der Waals surface area contributed by atoms with Crippen LogP contribution in [0.25, 0.3) is 0 Å². The second-order valence-electron chi connectivity index (χ2n) is 5.87. The van der Waals surface area contributed by atoms with Crippen molar-refractivity contribution >= 4 is 27.5 Å². The maximum atomic E-state index is 12.4. The van der Waals surface area contributed by atoms with Gasteiger partial charge in [-0.15, -0.1) is 0 Å². The number of aromatic nitrogens is 2. The summed E-state index contributed by atoms with van der Waals surface area (Å²) in [5.74, 6) is -0.0494. The molecular weight excluding hydrogens is 366 g/mol. The molecule has 9 heteroatoms. The first-order valence-electron chi connectivity index (χ1n) is 7.66. The number of imidazole rings is 1. The third-order valence-electron chi connectivity index (χ3n) is 3.51. The highest BCUT2D eigenvalue weighted by Gasteiger charge is 2.23. The molecule has 7 nitrogen and oxygen atoms in total. The number of carbonyl (C=O) groups is 1. The van der Waals surface area contributed by atoms with Gasteiger partial charge in [0.15, 0.2) is 5.69 Å². The maximum absolute atomic E-state index is 12.4. The smallest absolute Gasteiger partial charge is 0.286 e. The van der Waals surface area contributed by atoms with Gasteiger partial charge in [0.05, 0.1) is 18.3 Å². The van der Waals surface area contributed by atoms with Crippen LogP contribution in [0.15, 0.2) is 35.5 Å². The van der Waals surface area contributed by atoms with Gasteiger partial charge in [-0.25, -0.2) is 18.1 Å². The highest BCUT2D eigenvalue weighted by atomic mass is 35.5. The van der Waals surface area contributed by atoms with E-state index >= 15 is 0 Å². The lowest BCUT2D eigenvalue weighted by atomic mass is 10.1. The first-order valence-corrected chi connectivity index (χ1v) is 9.52. The molecule has 0 aliphatic rings. The molecule has 2 rings (SSSR count). The molecule has 0 saturated carbocycles. The molecule has 1 N–H and O–H groups in total. The van der Waals surface area contributed by atoms with Crippen LogP contribution < -0.4 is 9.46 Å². The Hall–Kier alpha value is -2.06. The minimum absolute atomic E-state index is 0.0874. The second kappa shape index (κ2) is 7.88. The molecule has 0 fully saturated rings. The van der Waals surface area contributed by atoms with Crippen molar-refractivity contribution in [1.82, 2.24) is 14.3 Å². The molecule has 25 heavy (non-hydrogen) atoms. The molecule has 0 unspecified atom stereocenters. The standard InChI is InChI=1S/C16H20ClN3O4S/c1-11(2)7-8-20-10-18-14(15(20)17)16(21)19-25(22,23)13-6-4-5-12(9-13)24-3/h4-6,9-11H,7-8H2,1-3H3,(H,19,21). The minimum Gasteiger partial charge on any atom is -0.497 e. The molecule has 0 aliphatic carbocycles. The zero-order valence-electron chi connectivity index (χ0n) is 14.2. The predicted molar refractivity (Wildman–Crippen MR) is 94.3 cm³/mol. The van der Waals surface area contributed by atoms with E-state index in [9.17, 15) is 13.2 Å². The van der Waals surface area contributed by atoms with Crippen LogP contribution in [0.2, 0.25) is 5.15 Å². The fraction of sp³-hybridized carbons (Fsp3) is 0.375. The van der Waals surface area contributed by atoms with E-state index in [2.05, 4.69) is 18.8 Å². The van der Waals surface area contributed by atoms with Gasteiger partial charge in [-0.3, -0.25) is 4.79 Å². The molecule has 0 aliphatic heterocycles. The number of benzene rings is 1. The quantitative estimate of drug-likeness (QED) is 0.791. The zero-order valence-corrected chi connectivity index (χ0v) is 15.8. The summed E-state index contributed by atoms with van der Waals surface area (Å²) >= 11 is 6.15. The highest BCUT2D eigenvalue weighted by Crippen LogP contribution is 2.19. The molecule has 2 aromatic rings. The Morgan fingerprint density at radius 2 is 2.12 bits per heavy atom. The first-order chi connectivity index (χ1) is 11.7. The summed E-state index contributed by atoms with van der Waals surface area (Å²) in [6.07, 6.45) is 2.29. The van der Waals surface area contributed by atoms with Crippen molar-refractivity contribution in [2.24, 2.45) is 5.92 Å². The van der Waals surface area contributed by atoms with Crippen LogP contribution in [-0.4, -0.2) is 31.0 Å². The Kier molecular flexibility index (Phi) is 6.07. The summed E-state index contributed by atoms with van der Waals surface area (Å²) in [5, 5.41) is 0.110.